The number of aromatic nitrogens is 1. The van der Waals surface area contributed by atoms with E-state index < -0.39 is 0 Å². The summed E-state index contributed by atoms with van der Waals surface area (Å²) in [6, 6.07) is 21.9. The summed E-state index contributed by atoms with van der Waals surface area (Å²) in [4.78, 5) is 18.7. The first kappa shape index (κ1) is 20.0. The molecule has 2 aromatic carbocycles. The molecule has 0 saturated carbocycles. The number of nitrogens with zero attached hydrogens (tertiary/aromatic N) is 2. The largest absolute Gasteiger partial charge is 0.272 e. The molecule has 30 heavy (non-hydrogen) atoms. The van der Waals surface area contributed by atoms with Gasteiger partial charge in [0, 0.05) is 15.8 Å². The van der Waals surface area contributed by atoms with Gasteiger partial charge in [0.05, 0.1) is 23.0 Å². The fraction of sp³-hybridized carbons (Fsp3) is 0.160. The fourth-order valence-corrected chi connectivity index (χ4v) is 3.89. The first-order chi connectivity index (χ1) is 14.7. The summed E-state index contributed by atoms with van der Waals surface area (Å²) in [6.45, 7) is 4.41. The number of hydrogen-bond acceptors (Lipinski definition) is 4. The molecule has 4 rings (SSSR count). The average molecular weight is 414 g/mol. The summed E-state index contributed by atoms with van der Waals surface area (Å²) < 4.78 is 0. The van der Waals surface area contributed by atoms with Gasteiger partial charge < -0.3 is 0 Å². The molecule has 4 aromatic rings. The van der Waals surface area contributed by atoms with Crippen molar-refractivity contribution in [3.05, 3.63) is 88.1 Å². The second-order valence-electron chi connectivity index (χ2n) is 7.22. The number of amides is 1. The number of rotatable bonds is 6. The van der Waals surface area contributed by atoms with Crippen LogP contribution < -0.4 is 5.43 Å². The maximum absolute atomic E-state index is 12.9. The topological polar surface area (TPSA) is 54.4 Å². The summed E-state index contributed by atoms with van der Waals surface area (Å²) in [5, 5.41) is 6.88. The Morgan fingerprint density at radius 3 is 2.67 bits per heavy atom. The van der Waals surface area contributed by atoms with Gasteiger partial charge in [-0.2, -0.15) is 5.10 Å². The molecule has 1 unspecified atom stereocenters. The molecule has 0 fully saturated rings. The number of fused-ring (bicyclic) bond motifs is 1. The third-order valence-electron chi connectivity index (χ3n) is 5.25. The van der Waals surface area contributed by atoms with Gasteiger partial charge in [0.15, 0.2) is 0 Å². The minimum absolute atomic E-state index is 0.251. The number of benzene rings is 2. The molecule has 0 aliphatic rings. The van der Waals surface area contributed by atoms with Crippen LogP contribution in [0.1, 0.15) is 47.0 Å². The minimum Gasteiger partial charge on any atom is -0.267 e. The van der Waals surface area contributed by atoms with Crippen molar-refractivity contribution in [1.29, 1.82) is 0 Å². The SMILES string of the molecule is CCC(C)c1ccc(-c2cc(C(=O)N/N=C/c3cccs3)c3ccccc3n2)cc1. The van der Waals surface area contributed by atoms with Crippen LogP contribution in [-0.2, 0) is 0 Å². The Labute approximate surface area is 180 Å². The number of hydrogen-bond donors (Lipinski definition) is 1. The van der Waals surface area contributed by atoms with E-state index in [2.05, 4.69) is 48.6 Å². The Kier molecular flexibility index (Phi) is 6.00. The van der Waals surface area contributed by atoms with Gasteiger partial charge in [-0.15, -0.1) is 11.3 Å². The van der Waals surface area contributed by atoms with Crippen molar-refractivity contribution in [3.8, 4) is 11.3 Å². The lowest BCUT2D eigenvalue weighted by Crippen LogP contribution is -2.18. The van der Waals surface area contributed by atoms with Crippen LogP contribution in [0.4, 0.5) is 0 Å². The Hall–Kier alpha value is -3.31. The summed E-state index contributed by atoms with van der Waals surface area (Å²) in [6.07, 6.45) is 2.75. The molecule has 4 nitrogen and oxygen atoms in total. The molecule has 5 heteroatoms. The highest BCUT2D eigenvalue weighted by Gasteiger charge is 2.14. The van der Waals surface area contributed by atoms with Crippen molar-refractivity contribution in [2.75, 3.05) is 0 Å². The number of para-hydroxylation sites is 1. The van der Waals surface area contributed by atoms with E-state index in [0.717, 1.165) is 33.5 Å². The van der Waals surface area contributed by atoms with Crippen LogP contribution in [0.5, 0.6) is 0 Å². The lowest BCUT2D eigenvalue weighted by atomic mass is 9.96. The number of carbonyl (C=O) groups excluding carboxylic acids is 1. The zero-order valence-corrected chi connectivity index (χ0v) is 17.8. The molecule has 0 aliphatic heterocycles. The molecule has 0 saturated heterocycles. The fourth-order valence-electron chi connectivity index (χ4n) is 3.31. The van der Waals surface area contributed by atoms with Gasteiger partial charge in [-0.1, -0.05) is 62.4 Å². The highest BCUT2D eigenvalue weighted by Crippen LogP contribution is 2.27. The van der Waals surface area contributed by atoms with Crippen molar-refractivity contribution >= 4 is 34.4 Å². The van der Waals surface area contributed by atoms with E-state index in [-0.39, 0.29) is 5.91 Å². The molecule has 1 atom stereocenters. The summed E-state index contributed by atoms with van der Waals surface area (Å²) in [5.74, 6) is 0.269. The predicted octanol–water partition coefficient (Wildman–Crippen LogP) is 6.24. The number of carbonyl (C=O) groups is 1. The van der Waals surface area contributed by atoms with Gasteiger partial charge in [0.1, 0.15) is 0 Å². The molecule has 1 amide bonds. The van der Waals surface area contributed by atoms with Crippen molar-refractivity contribution in [1.82, 2.24) is 10.4 Å². The number of nitrogens with one attached hydrogen (secondary N) is 1. The monoisotopic (exact) mass is 413 g/mol. The first-order valence-electron chi connectivity index (χ1n) is 10.0. The van der Waals surface area contributed by atoms with Gasteiger partial charge in [-0.05, 0) is 41.5 Å². The smallest absolute Gasteiger partial charge is 0.267 e. The van der Waals surface area contributed by atoms with Crippen molar-refractivity contribution in [2.24, 2.45) is 5.10 Å². The number of pyridine rings is 1. The highest BCUT2D eigenvalue weighted by atomic mass is 32.1. The maximum atomic E-state index is 12.9. The van der Waals surface area contributed by atoms with Gasteiger partial charge in [0.25, 0.3) is 5.91 Å². The Balaban J connectivity index is 1.68. The van der Waals surface area contributed by atoms with Crippen LogP contribution in [0.2, 0.25) is 0 Å². The van der Waals surface area contributed by atoms with E-state index >= 15 is 0 Å². The van der Waals surface area contributed by atoms with Crippen LogP contribution in [-0.4, -0.2) is 17.1 Å². The second-order valence-corrected chi connectivity index (χ2v) is 8.20. The summed E-state index contributed by atoms with van der Waals surface area (Å²) >= 11 is 1.57. The van der Waals surface area contributed by atoms with Crippen molar-refractivity contribution < 1.29 is 4.79 Å². The Morgan fingerprint density at radius 1 is 1.13 bits per heavy atom. The van der Waals surface area contributed by atoms with E-state index in [1.54, 1.807) is 17.6 Å². The lowest BCUT2D eigenvalue weighted by Gasteiger charge is -2.11. The molecule has 0 radical (unpaired) electrons. The number of hydrazone groups is 1. The van der Waals surface area contributed by atoms with E-state index in [9.17, 15) is 4.79 Å². The average Bonchev–Trinajstić information content (AvgIpc) is 3.31. The molecule has 0 spiro atoms. The molecule has 2 heterocycles. The quantitative estimate of drug-likeness (QED) is 0.300. The van der Waals surface area contributed by atoms with Gasteiger partial charge in [-0.3, -0.25) is 4.79 Å². The predicted molar refractivity (Wildman–Crippen MR) is 125 cm³/mol. The maximum Gasteiger partial charge on any atom is 0.272 e. The number of thiophene rings is 1. The highest BCUT2D eigenvalue weighted by molar-refractivity contribution is 7.11. The summed E-state index contributed by atoms with van der Waals surface area (Å²) in [5.41, 5.74) is 7.07. The Bertz CT molecular complexity index is 1180. The molecular weight excluding hydrogens is 390 g/mol. The zero-order chi connectivity index (χ0) is 20.9. The zero-order valence-electron chi connectivity index (χ0n) is 17.0. The van der Waals surface area contributed by atoms with Crippen LogP contribution >= 0.6 is 11.3 Å². The second kappa shape index (κ2) is 9.01. The first-order valence-corrected chi connectivity index (χ1v) is 10.9. The van der Waals surface area contributed by atoms with Crippen LogP contribution in [0.15, 0.2) is 77.2 Å². The van der Waals surface area contributed by atoms with Gasteiger partial charge in [-0.25, -0.2) is 10.4 Å². The minimum atomic E-state index is -0.251. The third-order valence-corrected chi connectivity index (χ3v) is 6.06. The molecule has 1 N–H and O–H groups in total. The molecule has 2 aromatic heterocycles. The standard InChI is InChI=1S/C25H23N3OS/c1-3-17(2)18-10-12-19(13-11-18)24-15-22(21-8-4-5-9-23(21)27-24)25(29)28-26-16-20-7-6-14-30-20/h4-17H,3H2,1-2H3,(H,28,29)/b26-16+. The van der Waals surface area contributed by atoms with Crippen LogP contribution in [0, 0.1) is 0 Å². The van der Waals surface area contributed by atoms with E-state index in [1.807, 2.05) is 47.8 Å². The molecule has 0 aliphatic carbocycles. The van der Waals surface area contributed by atoms with Crippen molar-refractivity contribution in [2.45, 2.75) is 26.2 Å². The van der Waals surface area contributed by atoms with E-state index in [0.29, 0.717) is 11.5 Å². The molecule has 150 valence electrons. The normalized spacial score (nSPS) is 12.3. The van der Waals surface area contributed by atoms with Gasteiger partial charge in [0.2, 0.25) is 0 Å². The summed E-state index contributed by atoms with van der Waals surface area (Å²) in [7, 11) is 0. The molecule has 0 bridgehead atoms. The van der Waals surface area contributed by atoms with Crippen molar-refractivity contribution in [3.63, 3.8) is 0 Å². The van der Waals surface area contributed by atoms with E-state index in [4.69, 9.17) is 4.98 Å². The van der Waals surface area contributed by atoms with E-state index in [1.165, 1.54) is 5.56 Å². The van der Waals surface area contributed by atoms with Crippen LogP contribution in [0.3, 0.4) is 0 Å². The lowest BCUT2D eigenvalue weighted by molar-refractivity contribution is 0.0956. The van der Waals surface area contributed by atoms with Crippen LogP contribution in [0.25, 0.3) is 22.2 Å². The molecular formula is C25H23N3OS. The Morgan fingerprint density at radius 2 is 1.93 bits per heavy atom. The third kappa shape index (κ3) is 4.31. The van der Waals surface area contributed by atoms with Gasteiger partial charge >= 0.3 is 0 Å².